The van der Waals surface area contributed by atoms with Crippen LogP contribution in [-0.4, -0.2) is 4.57 Å². The Morgan fingerprint density at radius 3 is 1.55 bits per heavy atom. The Morgan fingerprint density at radius 2 is 0.758 bits per heavy atom. The van der Waals surface area contributed by atoms with Crippen LogP contribution in [0.3, 0.4) is 0 Å². The van der Waals surface area contributed by atoms with Crippen LogP contribution in [0.1, 0.15) is 0 Å². The fourth-order valence-electron chi connectivity index (χ4n) is 10.5. The monoisotopic (exact) mass is 838 g/mol. The topological polar surface area (TPSA) is 8.17 Å². The van der Waals surface area contributed by atoms with Crippen molar-refractivity contribution in [3.8, 4) is 39.1 Å². The van der Waals surface area contributed by atoms with Crippen molar-refractivity contribution < 1.29 is 0 Å². The summed E-state index contributed by atoms with van der Waals surface area (Å²) < 4.78 is 2.46. The number of rotatable bonds is 7. The van der Waals surface area contributed by atoms with E-state index in [1.807, 2.05) is 0 Å². The minimum atomic E-state index is 1.08. The molecule has 1 heterocycles. The zero-order valence-electron chi connectivity index (χ0n) is 36.1. The van der Waals surface area contributed by atoms with E-state index >= 15 is 0 Å². The SMILES string of the molecule is c1ccc(-c2c(-c3ccccc3)c3cc(N(c4cccc(-c5ccc6ccccc6c5)c4)c4ccc5c6ccccc6n(-c6cccc7ccccc67)c5c4)ccc3c3ccccc23)cc1. The van der Waals surface area contributed by atoms with Gasteiger partial charge < -0.3 is 9.47 Å². The minimum Gasteiger partial charge on any atom is -0.310 e. The smallest absolute Gasteiger partial charge is 0.0562 e. The molecule has 0 bridgehead atoms. The van der Waals surface area contributed by atoms with Crippen molar-refractivity contribution in [2.45, 2.75) is 0 Å². The molecule has 13 rings (SSSR count). The number of benzene rings is 12. The van der Waals surface area contributed by atoms with Gasteiger partial charge in [-0.2, -0.15) is 0 Å². The maximum Gasteiger partial charge on any atom is 0.0562 e. The van der Waals surface area contributed by atoms with E-state index in [1.165, 1.54) is 92.9 Å². The Hall–Kier alpha value is -8.72. The first-order valence-electron chi connectivity index (χ1n) is 22.8. The summed E-state index contributed by atoms with van der Waals surface area (Å²) in [5, 5.41) is 12.3. The van der Waals surface area contributed by atoms with E-state index in [0.717, 1.165) is 28.1 Å². The second-order valence-corrected chi connectivity index (χ2v) is 17.3. The lowest BCUT2D eigenvalue weighted by molar-refractivity contribution is 1.19. The van der Waals surface area contributed by atoms with Gasteiger partial charge in [-0.1, -0.05) is 200 Å². The second-order valence-electron chi connectivity index (χ2n) is 17.3. The van der Waals surface area contributed by atoms with Gasteiger partial charge in [0.2, 0.25) is 0 Å². The van der Waals surface area contributed by atoms with Gasteiger partial charge in [0.05, 0.1) is 16.7 Å². The molecule has 0 saturated carbocycles. The van der Waals surface area contributed by atoms with Crippen molar-refractivity contribution in [3.05, 3.63) is 255 Å². The maximum absolute atomic E-state index is 2.46. The summed E-state index contributed by atoms with van der Waals surface area (Å²) in [6, 6.07) is 93.5. The van der Waals surface area contributed by atoms with E-state index in [9.17, 15) is 0 Å². The summed E-state index contributed by atoms with van der Waals surface area (Å²) in [7, 11) is 0. The Kier molecular flexibility index (Phi) is 8.89. The van der Waals surface area contributed by atoms with Crippen molar-refractivity contribution in [1.82, 2.24) is 4.57 Å². The molecule has 0 saturated heterocycles. The molecule has 308 valence electrons. The molecule has 0 radical (unpaired) electrons. The predicted octanol–water partition coefficient (Wildman–Crippen LogP) is 17.9. The largest absolute Gasteiger partial charge is 0.310 e. The number of hydrogen-bond acceptors (Lipinski definition) is 1. The Balaban J connectivity index is 1.11. The molecule has 0 unspecified atom stereocenters. The molecule has 1 aromatic heterocycles. The summed E-state index contributed by atoms with van der Waals surface area (Å²) in [5.41, 5.74) is 14.0. The van der Waals surface area contributed by atoms with Gasteiger partial charge in [-0.25, -0.2) is 0 Å². The minimum absolute atomic E-state index is 1.08. The Bertz CT molecular complexity index is 3990. The molecule has 0 amide bonds. The van der Waals surface area contributed by atoms with Crippen LogP contribution >= 0.6 is 0 Å². The van der Waals surface area contributed by atoms with Gasteiger partial charge in [-0.3, -0.25) is 0 Å². The van der Waals surface area contributed by atoms with Crippen molar-refractivity contribution in [3.63, 3.8) is 0 Å². The summed E-state index contributed by atoms with van der Waals surface area (Å²) in [6.07, 6.45) is 0. The Morgan fingerprint density at radius 1 is 0.242 bits per heavy atom. The van der Waals surface area contributed by atoms with Gasteiger partial charge in [-0.15, -0.1) is 0 Å². The number of hydrogen-bond donors (Lipinski definition) is 0. The standard InChI is InChI=1S/C64H42N2/c1-3-19-45(20-4-1)63-58-30-12-11-28-54(58)55-37-35-51(41-59(55)64(63)46-21-5-2-6-22-46)65(50-26-15-25-48(40-50)49-34-33-43-17-7-8-23-47(43)39-49)52-36-38-57-56-29-13-14-31-61(56)66(62(57)42-52)60-32-16-24-44-18-9-10-27-53(44)60/h1-42H. The molecule has 12 aromatic carbocycles. The van der Waals surface area contributed by atoms with E-state index in [0.29, 0.717) is 0 Å². The van der Waals surface area contributed by atoms with Gasteiger partial charge in [0.25, 0.3) is 0 Å². The predicted molar refractivity (Wildman–Crippen MR) is 282 cm³/mol. The highest BCUT2D eigenvalue weighted by Crippen LogP contribution is 2.48. The van der Waals surface area contributed by atoms with Crippen molar-refractivity contribution in [2.75, 3.05) is 4.90 Å². The zero-order chi connectivity index (χ0) is 43.6. The molecule has 0 spiro atoms. The van der Waals surface area contributed by atoms with Crippen LogP contribution in [0.2, 0.25) is 0 Å². The van der Waals surface area contributed by atoms with Crippen molar-refractivity contribution >= 4 is 82.0 Å². The molecule has 2 heteroatoms. The second kappa shape index (κ2) is 15.5. The molecule has 66 heavy (non-hydrogen) atoms. The highest BCUT2D eigenvalue weighted by molar-refractivity contribution is 6.22. The highest BCUT2D eigenvalue weighted by atomic mass is 15.1. The summed E-state index contributed by atoms with van der Waals surface area (Å²) in [4.78, 5) is 2.46. The molecule has 0 aliphatic rings. The third kappa shape index (κ3) is 6.18. The fraction of sp³-hybridized carbons (Fsp3) is 0. The van der Waals surface area contributed by atoms with Crippen LogP contribution in [0.25, 0.3) is 104 Å². The van der Waals surface area contributed by atoms with Crippen LogP contribution in [0, 0.1) is 0 Å². The number of fused-ring (bicyclic) bond motifs is 8. The van der Waals surface area contributed by atoms with Crippen molar-refractivity contribution in [2.24, 2.45) is 0 Å². The maximum atomic E-state index is 2.46. The van der Waals surface area contributed by atoms with E-state index in [2.05, 4.69) is 264 Å². The van der Waals surface area contributed by atoms with E-state index in [1.54, 1.807) is 0 Å². The van der Waals surface area contributed by atoms with E-state index in [4.69, 9.17) is 0 Å². The number of anilines is 3. The fourth-order valence-corrected chi connectivity index (χ4v) is 10.5. The van der Waals surface area contributed by atoms with Gasteiger partial charge in [0.1, 0.15) is 0 Å². The molecule has 0 fully saturated rings. The summed E-state index contributed by atoms with van der Waals surface area (Å²) in [5.74, 6) is 0. The zero-order valence-corrected chi connectivity index (χ0v) is 36.1. The third-order valence-corrected chi connectivity index (χ3v) is 13.5. The number of para-hydroxylation sites is 1. The molecule has 0 aliphatic heterocycles. The van der Waals surface area contributed by atoms with Crippen LogP contribution in [0.4, 0.5) is 17.1 Å². The molecule has 2 nitrogen and oxygen atoms in total. The first kappa shape index (κ1) is 37.8. The lowest BCUT2D eigenvalue weighted by Gasteiger charge is -2.28. The summed E-state index contributed by atoms with van der Waals surface area (Å²) in [6.45, 7) is 0. The molecule has 13 aromatic rings. The van der Waals surface area contributed by atoms with Crippen LogP contribution < -0.4 is 4.90 Å². The lowest BCUT2D eigenvalue weighted by Crippen LogP contribution is -2.10. The highest BCUT2D eigenvalue weighted by Gasteiger charge is 2.22. The molecule has 0 aliphatic carbocycles. The van der Waals surface area contributed by atoms with Gasteiger partial charge in [0.15, 0.2) is 0 Å². The lowest BCUT2D eigenvalue weighted by atomic mass is 9.85. The average molecular weight is 839 g/mol. The van der Waals surface area contributed by atoms with Crippen LogP contribution in [-0.2, 0) is 0 Å². The molecular formula is C64H42N2. The number of nitrogens with zero attached hydrogens (tertiary/aromatic N) is 2. The first-order chi connectivity index (χ1) is 32.7. The average Bonchev–Trinajstić information content (AvgIpc) is 3.72. The summed E-state index contributed by atoms with van der Waals surface area (Å²) >= 11 is 0. The van der Waals surface area contributed by atoms with Crippen molar-refractivity contribution in [1.29, 1.82) is 0 Å². The normalized spacial score (nSPS) is 11.6. The number of aromatic nitrogens is 1. The Labute approximate surface area is 383 Å². The van der Waals surface area contributed by atoms with Gasteiger partial charge in [0, 0.05) is 33.2 Å². The van der Waals surface area contributed by atoms with Gasteiger partial charge >= 0.3 is 0 Å². The van der Waals surface area contributed by atoms with E-state index < -0.39 is 0 Å². The third-order valence-electron chi connectivity index (χ3n) is 13.5. The molecule has 0 atom stereocenters. The quantitative estimate of drug-likeness (QED) is 0.145. The molecular weight excluding hydrogens is 797 g/mol. The first-order valence-corrected chi connectivity index (χ1v) is 22.8. The van der Waals surface area contributed by atoms with Crippen LogP contribution in [0.5, 0.6) is 0 Å². The van der Waals surface area contributed by atoms with Gasteiger partial charge in [-0.05, 0) is 126 Å². The van der Waals surface area contributed by atoms with Crippen LogP contribution in [0.15, 0.2) is 255 Å². The van der Waals surface area contributed by atoms with E-state index in [-0.39, 0.29) is 0 Å². The molecule has 0 N–H and O–H groups in total.